The highest BCUT2D eigenvalue weighted by atomic mass is 127. The maximum absolute atomic E-state index is 6.09. The standard InChI is InChI=1S/C13H19IN2O/c1-13(17-2)6-3-7-16(9-13)12-5-4-10(14)8-11(12)15/h4-5,8H,3,6-7,9,15H2,1-2H3. The number of methoxy groups -OCH3 is 1. The van der Waals surface area contributed by atoms with Crippen LogP contribution >= 0.6 is 22.6 Å². The van der Waals surface area contributed by atoms with Gasteiger partial charge in [-0.3, -0.25) is 0 Å². The first-order valence-electron chi connectivity index (χ1n) is 5.89. The first-order chi connectivity index (χ1) is 8.04. The van der Waals surface area contributed by atoms with Gasteiger partial charge in [0.05, 0.1) is 17.0 Å². The van der Waals surface area contributed by atoms with Crippen molar-refractivity contribution in [3.8, 4) is 0 Å². The van der Waals surface area contributed by atoms with Gasteiger partial charge in [0, 0.05) is 23.8 Å². The van der Waals surface area contributed by atoms with E-state index in [-0.39, 0.29) is 5.60 Å². The van der Waals surface area contributed by atoms with Gasteiger partial charge < -0.3 is 15.4 Å². The molecule has 4 heteroatoms. The molecule has 1 heterocycles. The minimum absolute atomic E-state index is 0.0479. The van der Waals surface area contributed by atoms with E-state index in [1.165, 1.54) is 3.57 Å². The molecule has 0 aliphatic carbocycles. The van der Waals surface area contributed by atoms with Gasteiger partial charge in [0.15, 0.2) is 0 Å². The normalized spacial score (nSPS) is 25.0. The summed E-state index contributed by atoms with van der Waals surface area (Å²) in [4.78, 5) is 2.33. The van der Waals surface area contributed by atoms with Crippen LogP contribution in [0.15, 0.2) is 18.2 Å². The Kier molecular flexibility index (Phi) is 3.82. The van der Waals surface area contributed by atoms with Crippen LogP contribution in [0.5, 0.6) is 0 Å². The van der Waals surface area contributed by atoms with Crippen molar-refractivity contribution in [2.45, 2.75) is 25.4 Å². The lowest BCUT2D eigenvalue weighted by molar-refractivity contribution is -0.00462. The quantitative estimate of drug-likeness (QED) is 0.661. The molecule has 2 N–H and O–H groups in total. The average Bonchev–Trinajstić information content (AvgIpc) is 2.29. The van der Waals surface area contributed by atoms with E-state index in [2.05, 4.69) is 46.5 Å². The van der Waals surface area contributed by atoms with Crippen molar-refractivity contribution >= 4 is 34.0 Å². The Hall–Kier alpha value is -0.490. The molecule has 1 aromatic carbocycles. The Balaban J connectivity index is 2.22. The number of nitrogens with zero attached hydrogens (tertiary/aromatic N) is 1. The molecule has 1 atom stereocenters. The van der Waals surface area contributed by atoms with E-state index in [1.54, 1.807) is 7.11 Å². The molecule has 1 aliphatic heterocycles. The minimum Gasteiger partial charge on any atom is -0.397 e. The highest BCUT2D eigenvalue weighted by molar-refractivity contribution is 14.1. The van der Waals surface area contributed by atoms with Crippen molar-refractivity contribution < 1.29 is 4.74 Å². The summed E-state index contributed by atoms with van der Waals surface area (Å²) >= 11 is 2.28. The summed E-state index contributed by atoms with van der Waals surface area (Å²) in [5.74, 6) is 0. The van der Waals surface area contributed by atoms with Crippen molar-refractivity contribution in [2.75, 3.05) is 30.8 Å². The van der Waals surface area contributed by atoms with E-state index in [1.807, 2.05) is 6.07 Å². The SMILES string of the molecule is COC1(C)CCCN(c2ccc(I)cc2N)C1. The van der Waals surface area contributed by atoms with Crippen LogP contribution in [0.3, 0.4) is 0 Å². The fourth-order valence-electron chi connectivity index (χ4n) is 2.39. The number of ether oxygens (including phenoxy) is 1. The molecule has 94 valence electrons. The summed E-state index contributed by atoms with van der Waals surface area (Å²) in [7, 11) is 1.79. The first kappa shape index (κ1) is 13.0. The first-order valence-corrected chi connectivity index (χ1v) is 6.97. The number of halogens is 1. The van der Waals surface area contributed by atoms with E-state index in [4.69, 9.17) is 10.5 Å². The van der Waals surface area contributed by atoms with Gasteiger partial charge in [-0.2, -0.15) is 0 Å². The lowest BCUT2D eigenvalue weighted by atomic mass is 9.94. The molecule has 17 heavy (non-hydrogen) atoms. The van der Waals surface area contributed by atoms with Crippen LogP contribution in [0.25, 0.3) is 0 Å². The fourth-order valence-corrected chi connectivity index (χ4v) is 2.91. The Morgan fingerprint density at radius 1 is 1.47 bits per heavy atom. The van der Waals surface area contributed by atoms with E-state index < -0.39 is 0 Å². The molecule has 1 saturated heterocycles. The van der Waals surface area contributed by atoms with Crippen LogP contribution in [0.4, 0.5) is 11.4 Å². The second kappa shape index (κ2) is 5.02. The Morgan fingerprint density at radius 3 is 2.88 bits per heavy atom. The monoisotopic (exact) mass is 346 g/mol. The molecule has 0 bridgehead atoms. The molecule has 0 saturated carbocycles. The predicted molar refractivity (Wildman–Crippen MR) is 80.4 cm³/mol. The van der Waals surface area contributed by atoms with Crippen LogP contribution in [0.1, 0.15) is 19.8 Å². The van der Waals surface area contributed by atoms with Crippen molar-refractivity contribution in [1.29, 1.82) is 0 Å². The van der Waals surface area contributed by atoms with E-state index in [9.17, 15) is 0 Å². The molecule has 2 rings (SSSR count). The van der Waals surface area contributed by atoms with Gasteiger partial charge in [0.25, 0.3) is 0 Å². The molecule has 1 unspecified atom stereocenters. The van der Waals surface area contributed by atoms with Crippen molar-refractivity contribution in [2.24, 2.45) is 0 Å². The lowest BCUT2D eigenvalue weighted by Crippen LogP contribution is -2.47. The molecule has 0 spiro atoms. The molecule has 1 fully saturated rings. The van der Waals surface area contributed by atoms with Gasteiger partial charge in [-0.25, -0.2) is 0 Å². The van der Waals surface area contributed by atoms with E-state index in [0.29, 0.717) is 0 Å². The van der Waals surface area contributed by atoms with E-state index >= 15 is 0 Å². The van der Waals surface area contributed by atoms with Crippen LogP contribution in [0.2, 0.25) is 0 Å². The number of rotatable bonds is 2. The summed E-state index contributed by atoms with van der Waals surface area (Å²) in [5.41, 5.74) is 8.04. The van der Waals surface area contributed by atoms with Crippen LogP contribution in [-0.2, 0) is 4.74 Å². The van der Waals surface area contributed by atoms with Gasteiger partial charge in [-0.05, 0) is 60.6 Å². The molecule has 0 aromatic heterocycles. The highest BCUT2D eigenvalue weighted by Gasteiger charge is 2.31. The highest BCUT2D eigenvalue weighted by Crippen LogP contribution is 2.31. The van der Waals surface area contributed by atoms with Crippen molar-refractivity contribution in [1.82, 2.24) is 0 Å². The van der Waals surface area contributed by atoms with Crippen LogP contribution in [0, 0.1) is 3.57 Å². The smallest absolute Gasteiger partial charge is 0.0825 e. The van der Waals surface area contributed by atoms with Gasteiger partial charge >= 0.3 is 0 Å². The molecular weight excluding hydrogens is 327 g/mol. The summed E-state index contributed by atoms with van der Waals surface area (Å²) in [6.07, 6.45) is 2.26. The predicted octanol–water partition coefficient (Wildman–Crippen LogP) is 2.88. The topological polar surface area (TPSA) is 38.5 Å². The zero-order chi connectivity index (χ0) is 12.5. The molecule has 1 aromatic rings. The zero-order valence-electron chi connectivity index (χ0n) is 10.4. The van der Waals surface area contributed by atoms with Crippen molar-refractivity contribution in [3.63, 3.8) is 0 Å². The third-order valence-corrected chi connectivity index (χ3v) is 4.15. The van der Waals surface area contributed by atoms with Crippen LogP contribution in [-0.4, -0.2) is 25.8 Å². The zero-order valence-corrected chi connectivity index (χ0v) is 12.5. The molecule has 0 radical (unpaired) electrons. The number of nitrogen functional groups attached to an aromatic ring is 1. The van der Waals surface area contributed by atoms with Gasteiger partial charge in [0.2, 0.25) is 0 Å². The number of piperidine rings is 1. The summed E-state index contributed by atoms with van der Waals surface area (Å²) < 4.78 is 6.79. The van der Waals surface area contributed by atoms with Gasteiger partial charge in [0.1, 0.15) is 0 Å². The second-order valence-corrected chi connectivity index (χ2v) is 6.13. The summed E-state index contributed by atoms with van der Waals surface area (Å²) in [6.45, 7) is 4.14. The number of hydrogen-bond donors (Lipinski definition) is 1. The largest absolute Gasteiger partial charge is 0.397 e. The number of anilines is 2. The third kappa shape index (κ3) is 2.85. The molecule has 1 aliphatic rings. The van der Waals surface area contributed by atoms with E-state index in [0.717, 1.165) is 37.3 Å². The third-order valence-electron chi connectivity index (χ3n) is 3.48. The van der Waals surface area contributed by atoms with Crippen molar-refractivity contribution in [3.05, 3.63) is 21.8 Å². The Morgan fingerprint density at radius 2 is 2.24 bits per heavy atom. The molecule has 3 nitrogen and oxygen atoms in total. The van der Waals surface area contributed by atoms with Crippen LogP contribution < -0.4 is 10.6 Å². The lowest BCUT2D eigenvalue weighted by Gasteiger charge is -2.41. The summed E-state index contributed by atoms with van der Waals surface area (Å²) in [5, 5.41) is 0. The number of benzene rings is 1. The van der Waals surface area contributed by atoms with Gasteiger partial charge in [-0.15, -0.1) is 0 Å². The number of nitrogens with two attached hydrogens (primary N) is 1. The summed E-state index contributed by atoms with van der Waals surface area (Å²) in [6, 6.07) is 6.23. The minimum atomic E-state index is -0.0479. The Labute approximate surface area is 116 Å². The Bertz CT molecular complexity index is 410. The number of hydrogen-bond acceptors (Lipinski definition) is 3. The molecule has 0 amide bonds. The maximum atomic E-state index is 6.09. The maximum Gasteiger partial charge on any atom is 0.0825 e. The second-order valence-electron chi connectivity index (χ2n) is 4.88. The fraction of sp³-hybridized carbons (Fsp3) is 0.538. The van der Waals surface area contributed by atoms with Gasteiger partial charge in [-0.1, -0.05) is 0 Å². The average molecular weight is 346 g/mol. The molecular formula is C13H19IN2O.